The van der Waals surface area contributed by atoms with Gasteiger partial charge in [-0.05, 0) is 52.1 Å². The Kier molecular flexibility index (Phi) is 11.8. The maximum atomic E-state index is 12.1. The first-order valence-electron chi connectivity index (χ1n) is 16.7. The molecule has 51 heavy (non-hydrogen) atoms. The van der Waals surface area contributed by atoms with Gasteiger partial charge < -0.3 is 24.8 Å². The van der Waals surface area contributed by atoms with Gasteiger partial charge in [-0.2, -0.15) is 0 Å². The number of benzene rings is 4. The van der Waals surface area contributed by atoms with Gasteiger partial charge in [0.25, 0.3) is 15.4 Å². The number of rotatable bonds is 10. The van der Waals surface area contributed by atoms with Gasteiger partial charge in [-0.15, -0.1) is 0 Å². The van der Waals surface area contributed by atoms with Crippen LogP contribution in [-0.4, -0.2) is 63.5 Å². The zero-order chi connectivity index (χ0) is 36.1. The first kappa shape index (κ1) is 37.0. The van der Waals surface area contributed by atoms with Crippen molar-refractivity contribution in [3.63, 3.8) is 0 Å². The SMILES string of the molecule is C[C@H]1[C@@H](CN2CCN(c3ccc([N+](=O)[O-])cc3)CC2)O[C@@H](c2cccc(-c3cccc(CNC(=O)C(Cl)(Cl)Cl)c3)c2)O[C@H]1c1ccc(CO)cc1. The Labute approximate surface area is 312 Å². The number of nitrogens with one attached hydrogen (secondary N) is 1. The van der Waals surface area contributed by atoms with Crippen molar-refractivity contribution >= 4 is 52.1 Å². The van der Waals surface area contributed by atoms with Gasteiger partial charge >= 0.3 is 0 Å². The van der Waals surface area contributed by atoms with Crippen molar-refractivity contribution in [2.24, 2.45) is 5.92 Å². The van der Waals surface area contributed by atoms with E-state index in [4.69, 9.17) is 44.3 Å². The second-order valence-corrected chi connectivity index (χ2v) is 15.2. The van der Waals surface area contributed by atoms with Crippen molar-refractivity contribution in [2.75, 3.05) is 37.6 Å². The van der Waals surface area contributed by atoms with Crippen molar-refractivity contribution in [3.05, 3.63) is 129 Å². The number of nitro groups is 1. The molecule has 2 aliphatic rings. The van der Waals surface area contributed by atoms with Gasteiger partial charge in [-0.1, -0.05) is 102 Å². The molecule has 0 saturated carbocycles. The van der Waals surface area contributed by atoms with Crippen LogP contribution in [0.1, 0.15) is 41.6 Å². The van der Waals surface area contributed by atoms with Crippen LogP contribution in [-0.2, 0) is 27.4 Å². The van der Waals surface area contributed by atoms with Crippen LogP contribution in [0.4, 0.5) is 11.4 Å². The first-order valence-corrected chi connectivity index (χ1v) is 17.9. The largest absolute Gasteiger partial charge is 0.392 e. The molecule has 268 valence electrons. The normalized spacial score (nSPS) is 21.3. The molecule has 0 unspecified atom stereocenters. The number of amides is 1. The van der Waals surface area contributed by atoms with Crippen LogP contribution >= 0.6 is 34.8 Å². The van der Waals surface area contributed by atoms with E-state index < -0.39 is 16.0 Å². The summed E-state index contributed by atoms with van der Waals surface area (Å²) in [5.41, 5.74) is 6.53. The fraction of sp³-hybridized carbons (Fsp3) is 0.342. The Balaban J connectivity index is 1.19. The number of non-ortho nitro benzene ring substituents is 1. The molecule has 4 aromatic carbocycles. The maximum absolute atomic E-state index is 12.1. The van der Waals surface area contributed by atoms with E-state index in [1.54, 1.807) is 12.1 Å². The summed E-state index contributed by atoms with van der Waals surface area (Å²) in [6.45, 7) is 6.25. The second kappa shape index (κ2) is 16.3. The number of piperazine rings is 1. The van der Waals surface area contributed by atoms with Crippen molar-refractivity contribution in [3.8, 4) is 11.1 Å². The zero-order valence-corrected chi connectivity index (χ0v) is 30.2. The molecule has 0 aromatic heterocycles. The highest BCUT2D eigenvalue weighted by Crippen LogP contribution is 2.42. The summed E-state index contributed by atoms with van der Waals surface area (Å²) in [6, 6.07) is 30.4. The fourth-order valence-electron chi connectivity index (χ4n) is 6.56. The average molecular weight is 754 g/mol. The molecule has 0 radical (unpaired) electrons. The van der Waals surface area contributed by atoms with E-state index in [1.165, 1.54) is 0 Å². The van der Waals surface area contributed by atoms with E-state index in [1.807, 2.05) is 78.9 Å². The molecule has 2 fully saturated rings. The van der Waals surface area contributed by atoms with E-state index in [-0.39, 0.29) is 41.9 Å². The number of halogens is 3. The van der Waals surface area contributed by atoms with Gasteiger partial charge in [-0.3, -0.25) is 19.8 Å². The number of nitro benzene ring substituents is 1. The number of aliphatic hydroxyl groups excluding tert-OH is 1. The Morgan fingerprint density at radius 2 is 1.55 bits per heavy atom. The molecule has 4 aromatic rings. The summed E-state index contributed by atoms with van der Waals surface area (Å²) in [4.78, 5) is 27.4. The minimum Gasteiger partial charge on any atom is -0.392 e. The Hall–Kier alpha value is -3.74. The lowest BCUT2D eigenvalue weighted by molar-refractivity contribution is -0.384. The number of alkyl halides is 3. The van der Waals surface area contributed by atoms with E-state index in [0.29, 0.717) is 6.54 Å². The molecule has 2 heterocycles. The number of carbonyl (C=O) groups excluding carboxylic acids is 1. The molecule has 2 aliphatic heterocycles. The third-order valence-electron chi connectivity index (χ3n) is 9.49. The monoisotopic (exact) mass is 752 g/mol. The Morgan fingerprint density at radius 3 is 2.20 bits per heavy atom. The Bertz CT molecular complexity index is 1810. The maximum Gasteiger partial charge on any atom is 0.272 e. The third-order valence-corrected chi connectivity index (χ3v) is 10.0. The van der Waals surface area contributed by atoms with E-state index >= 15 is 0 Å². The van der Waals surface area contributed by atoms with E-state index in [9.17, 15) is 20.0 Å². The smallest absolute Gasteiger partial charge is 0.272 e. The van der Waals surface area contributed by atoms with Crippen molar-refractivity contribution in [1.29, 1.82) is 0 Å². The third kappa shape index (κ3) is 9.20. The molecular formula is C38H39Cl3N4O6. The van der Waals surface area contributed by atoms with Gasteiger partial charge in [0, 0.05) is 68.6 Å². The minimum atomic E-state index is -2.04. The lowest BCUT2D eigenvalue weighted by atomic mass is 9.89. The van der Waals surface area contributed by atoms with Gasteiger partial charge in [0.2, 0.25) is 0 Å². The van der Waals surface area contributed by atoms with Crippen LogP contribution in [0.5, 0.6) is 0 Å². The molecule has 13 heteroatoms. The lowest BCUT2D eigenvalue weighted by Gasteiger charge is -2.44. The molecule has 1 amide bonds. The zero-order valence-electron chi connectivity index (χ0n) is 28.0. The predicted octanol–water partition coefficient (Wildman–Crippen LogP) is 7.35. The lowest BCUT2D eigenvalue weighted by Crippen LogP contribution is -2.51. The predicted molar refractivity (Wildman–Crippen MR) is 199 cm³/mol. The average Bonchev–Trinajstić information content (AvgIpc) is 3.15. The van der Waals surface area contributed by atoms with Crippen LogP contribution in [0, 0.1) is 16.0 Å². The molecule has 0 spiro atoms. The van der Waals surface area contributed by atoms with Crippen molar-refractivity contribution in [2.45, 2.75) is 42.4 Å². The molecule has 6 rings (SSSR count). The van der Waals surface area contributed by atoms with E-state index in [2.05, 4.69) is 28.1 Å². The summed E-state index contributed by atoms with van der Waals surface area (Å²) < 4.78 is 11.5. The quantitative estimate of drug-likeness (QED) is 0.0981. The number of hydrogen-bond acceptors (Lipinski definition) is 8. The molecule has 2 N–H and O–H groups in total. The number of ether oxygens (including phenoxy) is 2. The number of nitrogens with zero attached hydrogens (tertiary/aromatic N) is 3. The van der Waals surface area contributed by atoms with Crippen LogP contribution < -0.4 is 10.2 Å². The molecule has 0 aliphatic carbocycles. The Morgan fingerprint density at radius 1 is 0.882 bits per heavy atom. The number of hydrogen-bond donors (Lipinski definition) is 2. The summed E-state index contributed by atoms with van der Waals surface area (Å²) in [5, 5.41) is 23.4. The van der Waals surface area contributed by atoms with Crippen LogP contribution in [0.3, 0.4) is 0 Å². The van der Waals surface area contributed by atoms with Crippen molar-refractivity contribution in [1.82, 2.24) is 10.2 Å². The number of anilines is 1. The topological polar surface area (TPSA) is 117 Å². The van der Waals surface area contributed by atoms with Gasteiger partial charge in [-0.25, -0.2) is 0 Å². The molecule has 10 nitrogen and oxygen atoms in total. The van der Waals surface area contributed by atoms with Crippen LogP contribution in [0.15, 0.2) is 97.1 Å². The van der Waals surface area contributed by atoms with E-state index in [0.717, 1.165) is 65.2 Å². The summed E-state index contributed by atoms with van der Waals surface area (Å²) in [6.07, 6.45) is -1.04. The summed E-state index contributed by atoms with van der Waals surface area (Å²) in [7, 11) is 0. The fourth-order valence-corrected chi connectivity index (χ4v) is 6.77. The van der Waals surface area contributed by atoms with Gasteiger partial charge in [0.15, 0.2) is 6.29 Å². The standard InChI is InChI=1S/C38H39Cl3N4O6/c1-25-34(23-43-16-18-44(19-17-43)32-12-14-33(15-13-32)45(48)49)50-36(51-35(25)28-10-8-26(24-46)9-11-28)31-7-3-6-30(21-31)29-5-2-4-27(20-29)22-42-37(47)38(39,40)41/h2-15,20-21,25,34-36,46H,16-19,22-24H2,1H3,(H,42,47)/t25-,34+,35+,36+/m0/s1. The van der Waals surface area contributed by atoms with Crippen molar-refractivity contribution < 1.29 is 24.3 Å². The molecule has 0 bridgehead atoms. The number of aliphatic hydroxyl groups is 1. The highest BCUT2D eigenvalue weighted by Gasteiger charge is 2.39. The minimum absolute atomic E-state index is 0.0247. The highest BCUT2D eigenvalue weighted by atomic mass is 35.6. The number of carbonyl (C=O) groups is 1. The summed E-state index contributed by atoms with van der Waals surface area (Å²) in [5.74, 6) is -0.668. The second-order valence-electron chi connectivity index (χ2n) is 12.9. The van der Waals surface area contributed by atoms with Crippen LogP contribution in [0.25, 0.3) is 11.1 Å². The molecule has 2 saturated heterocycles. The molecule has 4 atom stereocenters. The molecular weight excluding hydrogens is 715 g/mol. The summed E-state index contributed by atoms with van der Waals surface area (Å²) >= 11 is 17.1. The van der Waals surface area contributed by atoms with Crippen LogP contribution in [0.2, 0.25) is 0 Å². The van der Waals surface area contributed by atoms with Gasteiger partial charge in [0.1, 0.15) is 0 Å². The van der Waals surface area contributed by atoms with Gasteiger partial charge in [0.05, 0.1) is 23.7 Å². The highest BCUT2D eigenvalue weighted by molar-refractivity contribution is 6.76. The first-order chi connectivity index (χ1) is 24.5.